The van der Waals surface area contributed by atoms with E-state index in [2.05, 4.69) is 12.2 Å². The molecule has 21 heavy (non-hydrogen) atoms. The first-order chi connectivity index (χ1) is 10.3. The molecule has 1 saturated carbocycles. The monoisotopic (exact) mass is 309 g/mol. The topological polar surface area (TPSA) is 38.3 Å². The standard InChI is InChI=1S/C17H27NO2S/c1-3-18-14-10-6-4-5-7-12-16(14)21(19)17-13-9-8-11-15(17)20-2/h8-9,11,13-14,16,18H,3-7,10,12H2,1-2H3. The highest BCUT2D eigenvalue weighted by Gasteiger charge is 2.29. The molecule has 0 aromatic heterocycles. The fraction of sp³-hybridized carbons (Fsp3) is 0.647. The minimum Gasteiger partial charge on any atom is -0.495 e. The number of benzene rings is 1. The van der Waals surface area contributed by atoms with Crippen LogP contribution in [0, 0.1) is 0 Å². The summed E-state index contributed by atoms with van der Waals surface area (Å²) in [6, 6.07) is 8.07. The lowest BCUT2D eigenvalue weighted by atomic mass is 9.96. The van der Waals surface area contributed by atoms with Gasteiger partial charge in [-0.1, -0.05) is 44.7 Å². The van der Waals surface area contributed by atoms with Gasteiger partial charge in [0.05, 0.1) is 28.1 Å². The van der Waals surface area contributed by atoms with E-state index in [9.17, 15) is 4.21 Å². The van der Waals surface area contributed by atoms with Crippen molar-refractivity contribution in [1.29, 1.82) is 0 Å². The maximum atomic E-state index is 13.1. The Morgan fingerprint density at radius 1 is 1.19 bits per heavy atom. The molecule has 1 aliphatic carbocycles. The molecular formula is C17H27NO2S. The van der Waals surface area contributed by atoms with Crippen molar-refractivity contribution >= 4 is 10.8 Å². The molecule has 2 rings (SSSR count). The van der Waals surface area contributed by atoms with E-state index >= 15 is 0 Å². The second-order valence-electron chi connectivity index (χ2n) is 5.64. The van der Waals surface area contributed by atoms with E-state index in [1.54, 1.807) is 7.11 Å². The van der Waals surface area contributed by atoms with Crippen LogP contribution in [0.1, 0.15) is 45.4 Å². The van der Waals surface area contributed by atoms with Crippen LogP contribution >= 0.6 is 0 Å². The maximum absolute atomic E-state index is 13.1. The Bertz CT molecular complexity index is 464. The van der Waals surface area contributed by atoms with Crippen LogP contribution in [0.4, 0.5) is 0 Å². The normalized spacial score (nSPS) is 24.9. The Morgan fingerprint density at radius 3 is 2.62 bits per heavy atom. The number of rotatable bonds is 5. The Morgan fingerprint density at radius 2 is 1.90 bits per heavy atom. The smallest absolute Gasteiger partial charge is 0.134 e. The van der Waals surface area contributed by atoms with Crippen molar-refractivity contribution in [3.05, 3.63) is 24.3 Å². The maximum Gasteiger partial charge on any atom is 0.134 e. The van der Waals surface area contributed by atoms with Gasteiger partial charge in [0.1, 0.15) is 5.75 Å². The molecule has 3 nitrogen and oxygen atoms in total. The highest BCUT2D eigenvalue weighted by atomic mass is 32.2. The number of nitrogens with one attached hydrogen (secondary N) is 1. The molecule has 0 amide bonds. The molecule has 0 spiro atoms. The average molecular weight is 309 g/mol. The zero-order chi connectivity index (χ0) is 15.1. The average Bonchev–Trinajstić information content (AvgIpc) is 2.49. The summed E-state index contributed by atoms with van der Waals surface area (Å²) in [5.74, 6) is 0.744. The zero-order valence-electron chi connectivity index (χ0n) is 13.1. The highest BCUT2D eigenvalue weighted by Crippen LogP contribution is 2.29. The molecule has 1 N–H and O–H groups in total. The van der Waals surface area contributed by atoms with Crippen LogP contribution in [-0.2, 0) is 10.8 Å². The molecule has 0 bridgehead atoms. The third-order valence-corrected chi connectivity index (χ3v) is 6.11. The second-order valence-corrected chi connectivity index (χ2v) is 7.28. The lowest BCUT2D eigenvalue weighted by molar-refractivity contribution is 0.394. The summed E-state index contributed by atoms with van der Waals surface area (Å²) in [7, 11) is 0.630. The molecular weight excluding hydrogens is 282 g/mol. The molecule has 1 aromatic rings. The van der Waals surface area contributed by atoms with Crippen LogP contribution in [0.3, 0.4) is 0 Å². The van der Waals surface area contributed by atoms with Gasteiger partial charge in [-0.3, -0.25) is 4.21 Å². The van der Waals surface area contributed by atoms with Crippen LogP contribution in [-0.4, -0.2) is 29.2 Å². The molecule has 1 aromatic carbocycles. The Balaban J connectivity index is 2.23. The SMILES string of the molecule is CCNC1CCCCCCC1S(=O)c1ccccc1OC. The van der Waals surface area contributed by atoms with E-state index in [1.165, 1.54) is 25.7 Å². The molecule has 4 heteroatoms. The van der Waals surface area contributed by atoms with Gasteiger partial charge in [-0.05, 0) is 31.5 Å². The van der Waals surface area contributed by atoms with Crippen molar-refractivity contribution in [2.45, 2.75) is 61.6 Å². The third-order valence-electron chi connectivity index (χ3n) is 4.23. The predicted molar refractivity (Wildman–Crippen MR) is 88.4 cm³/mol. The van der Waals surface area contributed by atoms with Crippen LogP contribution in [0.15, 0.2) is 29.2 Å². The van der Waals surface area contributed by atoms with Crippen molar-refractivity contribution in [1.82, 2.24) is 5.32 Å². The Kier molecular flexibility index (Phi) is 6.71. The van der Waals surface area contributed by atoms with E-state index in [4.69, 9.17) is 4.74 Å². The zero-order valence-corrected chi connectivity index (χ0v) is 14.0. The van der Waals surface area contributed by atoms with E-state index in [0.29, 0.717) is 6.04 Å². The van der Waals surface area contributed by atoms with Gasteiger partial charge in [0.15, 0.2) is 0 Å². The van der Waals surface area contributed by atoms with Crippen LogP contribution < -0.4 is 10.1 Å². The highest BCUT2D eigenvalue weighted by molar-refractivity contribution is 7.85. The van der Waals surface area contributed by atoms with Crippen LogP contribution in [0.2, 0.25) is 0 Å². The minimum absolute atomic E-state index is 0.182. The van der Waals surface area contributed by atoms with E-state index in [1.807, 2.05) is 24.3 Å². The summed E-state index contributed by atoms with van der Waals surface area (Å²) in [6.07, 6.45) is 7.13. The van der Waals surface area contributed by atoms with Crippen LogP contribution in [0.25, 0.3) is 0 Å². The summed E-state index contributed by atoms with van der Waals surface area (Å²) < 4.78 is 18.5. The number of para-hydroxylation sites is 1. The molecule has 0 heterocycles. The molecule has 1 fully saturated rings. The van der Waals surface area contributed by atoms with Crippen molar-refractivity contribution in [2.24, 2.45) is 0 Å². The largest absolute Gasteiger partial charge is 0.495 e. The third kappa shape index (κ3) is 4.30. The summed E-state index contributed by atoms with van der Waals surface area (Å²) >= 11 is 0. The van der Waals surface area contributed by atoms with Gasteiger partial charge in [0.2, 0.25) is 0 Å². The van der Waals surface area contributed by atoms with Gasteiger partial charge in [-0.15, -0.1) is 0 Å². The quantitative estimate of drug-likeness (QED) is 0.904. The van der Waals surface area contributed by atoms with Gasteiger partial charge < -0.3 is 10.1 Å². The fourth-order valence-electron chi connectivity index (χ4n) is 3.15. The lowest BCUT2D eigenvalue weighted by Gasteiger charge is -2.29. The van der Waals surface area contributed by atoms with Gasteiger partial charge >= 0.3 is 0 Å². The molecule has 1 aliphatic rings. The Labute approximate surface area is 130 Å². The number of hydrogen-bond acceptors (Lipinski definition) is 3. The van der Waals surface area contributed by atoms with E-state index in [-0.39, 0.29) is 5.25 Å². The van der Waals surface area contributed by atoms with Gasteiger partial charge in [0, 0.05) is 6.04 Å². The van der Waals surface area contributed by atoms with Gasteiger partial charge in [-0.25, -0.2) is 0 Å². The lowest BCUT2D eigenvalue weighted by Crippen LogP contribution is -2.42. The van der Waals surface area contributed by atoms with Gasteiger partial charge in [-0.2, -0.15) is 0 Å². The van der Waals surface area contributed by atoms with Gasteiger partial charge in [0.25, 0.3) is 0 Å². The van der Waals surface area contributed by atoms with Crippen molar-refractivity contribution in [2.75, 3.05) is 13.7 Å². The molecule has 3 atom stereocenters. The fourth-order valence-corrected chi connectivity index (χ4v) is 4.95. The summed E-state index contributed by atoms with van der Waals surface area (Å²) in [5.41, 5.74) is 0. The van der Waals surface area contributed by atoms with Crippen molar-refractivity contribution in [3.8, 4) is 5.75 Å². The van der Waals surface area contributed by atoms with E-state index in [0.717, 1.165) is 30.0 Å². The summed E-state index contributed by atoms with van der Waals surface area (Å²) in [5, 5.41) is 3.74. The summed E-state index contributed by atoms with van der Waals surface area (Å²) in [4.78, 5) is 0.841. The Hall–Kier alpha value is -0.870. The predicted octanol–water partition coefficient (Wildman–Crippen LogP) is 3.50. The first-order valence-corrected chi connectivity index (χ1v) is 9.26. The first-order valence-electron chi connectivity index (χ1n) is 8.05. The number of hydrogen-bond donors (Lipinski definition) is 1. The molecule has 0 saturated heterocycles. The molecule has 3 unspecified atom stereocenters. The second kappa shape index (κ2) is 8.54. The minimum atomic E-state index is -1.02. The molecule has 0 aliphatic heterocycles. The van der Waals surface area contributed by atoms with Crippen molar-refractivity contribution < 1.29 is 8.95 Å². The number of ether oxygens (including phenoxy) is 1. The van der Waals surface area contributed by atoms with Crippen molar-refractivity contribution in [3.63, 3.8) is 0 Å². The first kappa shape index (κ1) is 16.5. The summed E-state index contributed by atoms with van der Waals surface area (Å²) in [6.45, 7) is 3.06. The van der Waals surface area contributed by atoms with Crippen LogP contribution in [0.5, 0.6) is 5.75 Å². The van der Waals surface area contributed by atoms with E-state index < -0.39 is 10.8 Å². The molecule has 118 valence electrons. The number of methoxy groups -OCH3 is 1. The molecule has 0 radical (unpaired) electrons.